The van der Waals surface area contributed by atoms with Gasteiger partial charge >= 0.3 is 5.97 Å². The number of hydrogen-bond acceptors (Lipinski definition) is 2. The van der Waals surface area contributed by atoms with Gasteiger partial charge in [0.2, 0.25) is 0 Å². The molecule has 1 aromatic carbocycles. The number of carboxylic acids is 1. The minimum Gasteiger partial charge on any atom is -0.481 e. The van der Waals surface area contributed by atoms with Crippen LogP contribution in [0, 0.1) is 11.7 Å². The number of likely N-dealkylation sites (tertiary alicyclic amines) is 1. The molecule has 0 amide bonds. The van der Waals surface area contributed by atoms with Crippen molar-refractivity contribution in [1.29, 1.82) is 0 Å². The van der Waals surface area contributed by atoms with Crippen molar-refractivity contribution in [3.8, 4) is 0 Å². The van der Waals surface area contributed by atoms with E-state index in [0.717, 1.165) is 18.7 Å². The van der Waals surface area contributed by atoms with Crippen LogP contribution in [0.15, 0.2) is 22.7 Å². The molecule has 0 aliphatic carbocycles. The van der Waals surface area contributed by atoms with Crippen molar-refractivity contribution < 1.29 is 14.3 Å². The van der Waals surface area contributed by atoms with Gasteiger partial charge < -0.3 is 5.11 Å². The largest absolute Gasteiger partial charge is 0.481 e. The minimum absolute atomic E-state index is 0.187. The Morgan fingerprint density at radius 2 is 2.28 bits per heavy atom. The maximum absolute atomic E-state index is 13.1. The third kappa shape index (κ3) is 2.90. The van der Waals surface area contributed by atoms with Gasteiger partial charge in [0.1, 0.15) is 5.82 Å². The van der Waals surface area contributed by atoms with Gasteiger partial charge in [-0.1, -0.05) is 6.07 Å². The van der Waals surface area contributed by atoms with E-state index in [0.29, 0.717) is 4.47 Å². The summed E-state index contributed by atoms with van der Waals surface area (Å²) >= 11 is 3.18. The van der Waals surface area contributed by atoms with E-state index in [1.165, 1.54) is 6.07 Å². The maximum atomic E-state index is 13.1. The second-order valence-electron chi connectivity index (χ2n) is 4.77. The van der Waals surface area contributed by atoms with Gasteiger partial charge in [-0.15, -0.1) is 0 Å². The molecular weight excluding hydrogens is 301 g/mol. The van der Waals surface area contributed by atoms with Crippen LogP contribution < -0.4 is 0 Å². The number of rotatable bonds is 4. The number of nitrogens with zero attached hydrogens (tertiary/aromatic N) is 1. The predicted octanol–water partition coefficient (Wildman–Crippen LogP) is 3.06. The van der Waals surface area contributed by atoms with Crippen molar-refractivity contribution in [3.63, 3.8) is 0 Å². The van der Waals surface area contributed by atoms with E-state index >= 15 is 0 Å². The lowest BCUT2D eigenvalue weighted by Gasteiger charge is -2.43. The molecule has 1 aliphatic rings. The Balaban J connectivity index is 1.95. The van der Waals surface area contributed by atoms with E-state index in [1.807, 2.05) is 0 Å². The molecule has 98 valence electrons. The number of carboxylic acid groups (broad SMARTS) is 1. The summed E-state index contributed by atoms with van der Waals surface area (Å²) in [7, 11) is 0. The summed E-state index contributed by atoms with van der Waals surface area (Å²) < 4.78 is 13.6. The molecular formula is C13H15BrFNO2. The third-order valence-corrected chi connectivity index (χ3v) is 4.03. The molecule has 1 aromatic rings. The van der Waals surface area contributed by atoms with E-state index in [1.54, 1.807) is 12.1 Å². The summed E-state index contributed by atoms with van der Waals surface area (Å²) in [6.07, 6.45) is 0.232. The molecule has 1 saturated heterocycles. The molecule has 0 bridgehead atoms. The molecule has 1 aliphatic heterocycles. The van der Waals surface area contributed by atoms with E-state index in [9.17, 15) is 9.18 Å². The van der Waals surface area contributed by atoms with Crippen molar-refractivity contribution in [2.24, 2.45) is 5.92 Å². The number of halogens is 2. The fourth-order valence-electron chi connectivity index (χ4n) is 2.29. The molecule has 1 N–H and O–H groups in total. The zero-order valence-electron chi connectivity index (χ0n) is 10.1. The zero-order chi connectivity index (χ0) is 13.3. The fraction of sp³-hybridized carbons (Fsp3) is 0.462. The summed E-state index contributed by atoms with van der Waals surface area (Å²) in [4.78, 5) is 12.8. The standard InChI is InChI=1S/C13H15BrFNO2/c1-8(10-2-3-12(15)11(14)5-10)16-6-9(7-16)4-13(17)18/h2-3,5,8-9H,4,6-7H2,1H3,(H,17,18). The summed E-state index contributed by atoms with van der Waals surface area (Å²) in [6, 6.07) is 5.19. The Labute approximate surface area is 114 Å². The Morgan fingerprint density at radius 1 is 1.61 bits per heavy atom. The van der Waals surface area contributed by atoms with Crippen molar-refractivity contribution in [1.82, 2.24) is 4.90 Å². The van der Waals surface area contributed by atoms with E-state index in [2.05, 4.69) is 27.8 Å². The van der Waals surface area contributed by atoms with Crippen molar-refractivity contribution in [3.05, 3.63) is 34.1 Å². The van der Waals surface area contributed by atoms with Gasteiger partial charge in [-0.25, -0.2) is 4.39 Å². The molecule has 3 nitrogen and oxygen atoms in total. The predicted molar refractivity (Wildman–Crippen MR) is 69.8 cm³/mol. The Hall–Kier alpha value is -0.940. The second kappa shape index (κ2) is 5.36. The number of hydrogen-bond donors (Lipinski definition) is 1. The van der Waals surface area contributed by atoms with E-state index in [4.69, 9.17) is 5.11 Å². The minimum atomic E-state index is -0.739. The number of benzene rings is 1. The van der Waals surface area contributed by atoms with Crippen molar-refractivity contribution >= 4 is 21.9 Å². The van der Waals surface area contributed by atoms with Crippen LogP contribution in [0.4, 0.5) is 4.39 Å². The van der Waals surface area contributed by atoms with Crippen LogP contribution in [0.25, 0.3) is 0 Å². The summed E-state index contributed by atoms with van der Waals surface area (Å²) in [6.45, 7) is 3.64. The van der Waals surface area contributed by atoms with Gasteiger partial charge in [0.05, 0.1) is 10.9 Å². The van der Waals surface area contributed by atoms with E-state index in [-0.39, 0.29) is 24.2 Å². The number of carbonyl (C=O) groups is 1. The number of aliphatic carboxylic acids is 1. The summed E-state index contributed by atoms with van der Waals surface area (Å²) in [5.41, 5.74) is 1.04. The van der Waals surface area contributed by atoms with Gasteiger partial charge in [-0.2, -0.15) is 0 Å². The van der Waals surface area contributed by atoms with Crippen LogP contribution in [0.5, 0.6) is 0 Å². The molecule has 0 saturated carbocycles. The van der Waals surface area contributed by atoms with Gasteiger partial charge in [0.25, 0.3) is 0 Å². The second-order valence-corrected chi connectivity index (χ2v) is 5.62. The van der Waals surface area contributed by atoms with Crippen LogP contribution in [-0.4, -0.2) is 29.1 Å². The van der Waals surface area contributed by atoms with Crippen LogP contribution in [0.1, 0.15) is 24.9 Å². The first-order chi connectivity index (χ1) is 8.47. The molecule has 0 aromatic heterocycles. The lowest BCUT2D eigenvalue weighted by atomic mass is 9.92. The molecule has 1 unspecified atom stereocenters. The highest BCUT2D eigenvalue weighted by Crippen LogP contribution is 2.31. The molecule has 2 rings (SSSR count). The van der Waals surface area contributed by atoms with Gasteiger partial charge in [0, 0.05) is 19.1 Å². The van der Waals surface area contributed by atoms with Crippen molar-refractivity contribution in [2.75, 3.05) is 13.1 Å². The molecule has 18 heavy (non-hydrogen) atoms. The molecule has 1 fully saturated rings. The van der Waals surface area contributed by atoms with Gasteiger partial charge in [-0.05, 0) is 46.5 Å². The SMILES string of the molecule is CC(c1ccc(F)c(Br)c1)N1CC(CC(=O)O)C1. The van der Waals surface area contributed by atoms with Crippen LogP contribution in [0.3, 0.4) is 0 Å². The molecule has 5 heteroatoms. The highest BCUT2D eigenvalue weighted by molar-refractivity contribution is 9.10. The molecule has 0 spiro atoms. The average molecular weight is 316 g/mol. The summed E-state index contributed by atoms with van der Waals surface area (Å²) in [5.74, 6) is -0.760. The Morgan fingerprint density at radius 3 is 2.83 bits per heavy atom. The van der Waals surface area contributed by atoms with Crippen LogP contribution in [0.2, 0.25) is 0 Å². The molecule has 0 radical (unpaired) electrons. The Bertz CT molecular complexity index is 460. The first-order valence-electron chi connectivity index (χ1n) is 5.88. The summed E-state index contributed by atoms with van der Waals surface area (Å²) in [5, 5.41) is 8.69. The quantitative estimate of drug-likeness (QED) is 0.928. The fourth-order valence-corrected chi connectivity index (χ4v) is 2.68. The average Bonchev–Trinajstić information content (AvgIpc) is 2.25. The highest BCUT2D eigenvalue weighted by atomic mass is 79.9. The lowest BCUT2D eigenvalue weighted by molar-refractivity contribution is -0.139. The van der Waals surface area contributed by atoms with E-state index < -0.39 is 5.97 Å². The first kappa shape index (κ1) is 13.5. The maximum Gasteiger partial charge on any atom is 0.303 e. The first-order valence-corrected chi connectivity index (χ1v) is 6.67. The van der Waals surface area contributed by atoms with Crippen LogP contribution in [-0.2, 0) is 4.79 Å². The monoisotopic (exact) mass is 315 g/mol. The topological polar surface area (TPSA) is 40.5 Å². The molecule has 1 heterocycles. The lowest BCUT2D eigenvalue weighted by Crippen LogP contribution is -2.48. The molecule has 1 atom stereocenters. The van der Waals surface area contributed by atoms with Gasteiger partial charge in [-0.3, -0.25) is 9.69 Å². The zero-order valence-corrected chi connectivity index (χ0v) is 11.7. The Kier molecular flexibility index (Phi) is 4.02. The van der Waals surface area contributed by atoms with Crippen LogP contribution >= 0.6 is 15.9 Å². The highest BCUT2D eigenvalue weighted by Gasteiger charge is 2.32. The normalized spacial score (nSPS) is 18.4. The van der Waals surface area contributed by atoms with Gasteiger partial charge in [0.15, 0.2) is 0 Å². The third-order valence-electron chi connectivity index (χ3n) is 3.42. The van der Waals surface area contributed by atoms with Crippen molar-refractivity contribution in [2.45, 2.75) is 19.4 Å². The smallest absolute Gasteiger partial charge is 0.303 e.